The molecule has 0 spiro atoms. The normalized spacial score (nSPS) is 17.8. The van der Waals surface area contributed by atoms with Gasteiger partial charge in [-0.15, -0.1) is 0 Å². The van der Waals surface area contributed by atoms with Gasteiger partial charge in [0.25, 0.3) is 5.91 Å². The van der Waals surface area contributed by atoms with Crippen LogP contribution in [0.3, 0.4) is 0 Å². The van der Waals surface area contributed by atoms with Crippen molar-refractivity contribution >= 4 is 28.9 Å². The molecule has 1 aliphatic rings. The second-order valence-electron chi connectivity index (χ2n) is 5.26. The SMILES string of the molecule is C[C@@H]1N=C(c2ccc(O)cc2)c2cc(Cl)ccc2N(C)C1=O. The second-order valence-corrected chi connectivity index (χ2v) is 5.70. The Morgan fingerprint density at radius 1 is 1.18 bits per heavy atom. The van der Waals surface area contributed by atoms with Gasteiger partial charge >= 0.3 is 0 Å². The lowest BCUT2D eigenvalue weighted by Gasteiger charge is -2.19. The molecule has 4 nitrogen and oxygen atoms in total. The highest BCUT2D eigenvalue weighted by atomic mass is 35.5. The number of benzene rings is 2. The molecule has 0 aliphatic carbocycles. The number of carbonyl (C=O) groups excluding carboxylic acids is 1. The first-order valence-corrected chi connectivity index (χ1v) is 7.30. The summed E-state index contributed by atoms with van der Waals surface area (Å²) >= 11 is 6.13. The van der Waals surface area contributed by atoms with Gasteiger partial charge in [0.1, 0.15) is 11.8 Å². The molecular weight excluding hydrogens is 300 g/mol. The number of aliphatic imine (C=N–C) groups is 1. The van der Waals surface area contributed by atoms with Crippen molar-refractivity contribution in [2.45, 2.75) is 13.0 Å². The third kappa shape index (κ3) is 2.46. The molecule has 1 N–H and O–H groups in total. The van der Waals surface area contributed by atoms with E-state index in [1.807, 2.05) is 12.1 Å². The summed E-state index contributed by atoms with van der Waals surface area (Å²) in [5.41, 5.74) is 3.10. The first-order valence-electron chi connectivity index (χ1n) is 6.92. The molecule has 0 unspecified atom stereocenters. The average molecular weight is 315 g/mol. The Morgan fingerprint density at radius 2 is 1.86 bits per heavy atom. The van der Waals surface area contributed by atoms with Gasteiger partial charge in [-0.1, -0.05) is 11.6 Å². The molecule has 3 rings (SSSR count). The van der Waals surface area contributed by atoms with E-state index < -0.39 is 6.04 Å². The van der Waals surface area contributed by atoms with Gasteiger partial charge in [-0.05, 0) is 49.4 Å². The van der Waals surface area contributed by atoms with Crippen molar-refractivity contribution < 1.29 is 9.90 Å². The van der Waals surface area contributed by atoms with Crippen LogP contribution in [0.25, 0.3) is 0 Å². The van der Waals surface area contributed by atoms with Crippen LogP contribution < -0.4 is 4.90 Å². The zero-order valence-corrected chi connectivity index (χ0v) is 13.0. The van der Waals surface area contributed by atoms with Crippen LogP contribution in [0.15, 0.2) is 47.5 Å². The maximum absolute atomic E-state index is 12.4. The summed E-state index contributed by atoms with van der Waals surface area (Å²) in [6, 6.07) is 11.7. The Kier molecular flexibility index (Phi) is 3.62. The van der Waals surface area contributed by atoms with Crippen molar-refractivity contribution in [3.63, 3.8) is 0 Å². The lowest BCUT2D eigenvalue weighted by molar-refractivity contribution is -0.119. The standard InChI is InChI=1S/C17H15ClN2O2/c1-10-17(22)20(2)15-8-5-12(18)9-14(15)16(19-10)11-3-6-13(21)7-4-11/h3-10,21H,1-2H3/t10-/m0/s1. The second kappa shape index (κ2) is 5.46. The number of anilines is 1. The quantitative estimate of drug-likeness (QED) is 0.878. The van der Waals surface area contributed by atoms with Crippen LogP contribution in [0, 0.1) is 0 Å². The number of hydrogen-bond donors (Lipinski definition) is 1. The Morgan fingerprint density at radius 3 is 2.55 bits per heavy atom. The zero-order valence-electron chi connectivity index (χ0n) is 12.2. The molecule has 1 atom stereocenters. The summed E-state index contributed by atoms with van der Waals surface area (Å²) in [7, 11) is 1.74. The van der Waals surface area contributed by atoms with Gasteiger partial charge < -0.3 is 10.0 Å². The number of fused-ring (bicyclic) bond motifs is 1. The van der Waals surface area contributed by atoms with Crippen molar-refractivity contribution in [3.05, 3.63) is 58.6 Å². The van der Waals surface area contributed by atoms with E-state index in [9.17, 15) is 9.90 Å². The van der Waals surface area contributed by atoms with E-state index in [0.717, 1.165) is 16.8 Å². The highest BCUT2D eigenvalue weighted by Crippen LogP contribution is 2.30. The number of rotatable bonds is 1. The molecule has 0 bridgehead atoms. The molecule has 2 aromatic carbocycles. The van der Waals surface area contributed by atoms with E-state index in [1.54, 1.807) is 49.2 Å². The summed E-state index contributed by atoms with van der Waals surface area (Å²) in [5.74, 6) is 0.114. The molecule has 22 heavy (non-hydrogen) atoms. The fraction of sp³-hybridized carbons (Fsp3) is 0.176. The Balaban J connectivity index is 2.25. The number of amides is 1. The maximum Gasteiger partial charge on any atom is 0.251 e. The Labute approximate surface area is 133 Å². The van der Waals surface area contributed by atoms with Gasteiger partial charge in [-0.3, -0.25) is 9.79 Å². The van der Waals surface area contributed by atoms with Gasteiger partial charge in [0.15, 0.2) is 0 Å². The van der Waals surface area contributed by atoms with E-state index in [-0.39, 0.29) is 11.7 Å². The van der Waals surface area contributed by atoms with Gasteiger partial charge in [-0.2, -0.15) is 0 Å². The number of nitrogens with zero attached hydrogens (tertiary/aromatic N) is 2. The molecule has 5 heteroatoms. The van der Waals surface area contributed by atoms with Crippen LogP contribution in [0.4, 0.5) is 5.69 Å². The topological polar surface area (TPSA) is 52.9 Å². The lowest BCUT2D eigenvalue weighted by atomic mass is 10.00. The zero-order chi connectivity index (χ0) is 15.9. The average Bonchev–Trinajstić information content (AvgIpc) is 2.59. The van der Waals surface area contributed by atoms with E-state index in [2.05, 4.69) is 4.99 Å². The number of halogens is 1. The van der Waals surface area contributed by atoms with Gasteiger partial charge in [0, 0.05) is 23.2 Å². The number of benzodiazepines with no additional fused rings is 1. The molecule has 2 aromatic rings. The van der Waals surface area contributed by atoms with Crippen LogP contribution in [0.5, 0.6) is 5.75 Å². The predicted molar refractivity (Wildman–Crippen MR) is 88.1 cm³/mol. The largest absolute Gasteiger partial charge is 0.508 e. The molecule has 0 aromatic heterocycles. The molecule has 0 saturated heterocycles. The monoisotopic (exact) mass is 314 g/mol. The number of likely N-dealkylation sites (N-methyl/N-ethyl adjacent to an activating group) is 1. The molecular formula is C17H15ClN2O2. The fourth-order valence-electron chi connectivity index (χ4n) is 2.56. The number of hydrogen-bond acceptors (Lipinski definition) is 3. The van der Waals surface area contributed by atoms with Crippen LogP contribution >= 0.6 is 11.6 Å². The molecule has 1 heterocycles. The van der Waals surface area contributed by atoms with Crippen LogP contribution in [-0.4, -0.2) is 29.8 Å². The summed E-state index contributed by atoms with van der Waals surface area (Å²) in [6.07, 6.45) is 0. The molecule has 112 valence electrons. The highest BCUT2D eigenvalue weighted by molar-refractivity contribution is 6.32. The van der Waals surface area contributed by atoms with Gasteiger partial charge in [-0.25, -0.2) is 0 Å². The molecule has 0 radical (unpaired) electrons. The fourth-order valence-corrected chi connectivity index (χ4v) is 2.73. The molecule has 0 saturated carbocycles. The van der Waals surface area contributed by atoms with E-state index in [4.69, 9.17) is 11.6 Å². The molecule has 0 fully saturated rings. The number of aromatic hydroxyl groups is 1. The van der Waals surface area contributed by atoms with Crippen LogP contribution in [0.2, 0.25) is 5.02 Å². The minimum absolute atomic E-state index is 0.0719. The number of phenolic OH excluding ortho intramolecular Hbond substituents is 1. The maximum atomic E-state index is 12.4. The number of carbonyl (C=O) groups is 1. The minimum atomic E-state index is -0.486. The lowest BCUT2D eigenvalue weighted by Crippen LogP contribution is -2.32. The van der Waals surface area contributed by atoms with Crippen molar-refractivity contribution in [2.24, 2.45) is 4.99 Å². The summed E-state index contributed by atoms with van der Waals surface area (Å²) in [6.45, 7) is 1.77. The Hall–Kier alpha value is -2.33. The van der Waals surface area contributed by atoms with Crippen molar-refractivity contribution in [1.82, 2.24) is 0 Å². The molecule has 1 aliphatic heterocycles. The predicted octanol–water partition coefficient (Wildman–Crippen LogP) is 3.25. The van der Waals surface area contributed by atoms with E-state index >= 15 is 0 Å². The van der Waals surface area contributed by atoms with E-state index in [0.29, 0.717) is 10.7 Å². The van der Waals surface area contributed by atoms with Gasteiger partial charge in [0.2, 0.25) is 0 Å². The van der Waals surface area contributed by atoms with Crippen LogP contribution in [-0.2, 0) is 4.79 Å². The molecule has 1 amide bonds. The highest BCUT2D eigenvalue weighted by Gasteiger charge is 2.27. The Bertz CT molecular complexity index is 769. The summed E-state index contributed by atoms with van der Waals surface area (Å²) < 4.78 is 0. The van der Waals surface area contributed by atoms with Gasteiger partial charge in [0.05, 0.1) is 11.4 Å². The third-order valence-electron chi connectivity index (χ3n) is 3.73. The van der Waals surface area contributed by atoms with Crippen LogP contribution in [0.1, 0.15) is 18.1 Å². The number of phenols is 1. The minimum Gasteiger partial charge on any atom is -0.508 e. The van der Waals surface area contributed by atoms with E-state index in [1.165, 1.54) is 0 Å². The smallest absolute Gasteiger partial charge is 0.251 e. The summed E-state index contributed by atoms with van der Waals surface area (Å²) in [4.78, 5) is 18.5. The van der Waals surface area contributed by atoms with Crippen molar-refractivity contribution in [3.8, 4) is 5.75 Å². The van der Waals surface area contributed by atoms with Crippen molar-refractivity contribution in [2.75, 3.05) is 11.9 Å². The summed E-state index contributed by atoms with van der Waals surface area (Å²) in [5, 5.41) is 10.0. The first kappa shape index (κ1) is 14.6. The van der Waals surface area contributed by atoms with Crippen molar-refractivity contribution in [1.29, 1.82) is 0 Å². The third-order valence-corrected chi connectivity index (χ3v) is 3.96. The first-order chi connectivity index (χ1) is 10.5.